The summed E-state index contributed by atoms with van der Waals surface area (Å²) in [5, 5.41) is 2.92. The summed E-state index contributed by atoms with van der Waals surface area (Å²) in [7, 11) is 0. The maximum Gasteiger partial charge on any atom is 0.325 e. The van der Waals surface area contributed by atoms with Crippen LogP contribution in [0.2, 0.25) is 0 Å². The molecule has 2 aromatic rings. The molecule has 1 N–H and O–H groups in total. The highest BCUT2D eigenvalue weighted by molar-refractivity contribution is 7.99. The van der Waals surface area contributed by atoms with E-state index in [1.54, 1.807) is 12.1 Å². The van der Waals surface area contributed by atoms with Crippen molar-refractivity contribution in [1.82, 2.24) is 10.2 Å². The zero-order valence-electron chi connectivity index (χ0n) is 13.5. The van der Waals surface area contributed by atoms with E-state index in [1.165, 1.54) is 28.8 Å². The van der Waals surface area contributed by atoms with Crippen LogP contribution < -0.4 is 5.32 Å². The van der Waals surface area contributed by atoms with Crippen molar-refractivity contribution < 1.29 is 14.0 Å². The molecule has 4 rings (SSSR count). The molecule has 1 fully saturated rings. The Morgan fingerprint density at radius 1 is 1.12 bits per heavy atom. The monoisotopic (exact) mass is 356 g/mol. The molecule has 1 unspecified atom stereocenters. The van der Waals surface area contributed by atoms with Crippen LogP contribution in [0.5, 0.6) is 0 Å². The topological polar surface area (TPSA) is 49.4 Å². The molecule has 128 valence electrons. The first-order valence-electron chi connectivity index (χ1n) is 8.21. The van der Waals surface area contributed by atoms with Crippen LogP contribution in [0.15, 0.2) is 53.4 Å². The van der Waals surface area contributed by atoms with Crippen LogP contribution in [0, 0.1) is 5.82 Å². The molecule has 1 atom stereocenters. The van der Waals surface area contributed by atoms with Gasteiger partial charge in [-0.25, -0.2) is 9.18 Å². The van der Waals surface area contributed by atoms with Crippen molar-refractivity contribution in [2.75, 3.05) is 12.3 Å². The first-order chi connectivity index (χ1) is 12.1. The highest BCUT2D eigenvalue weighted by Gasteiger charge is 2.54. The summed E-state index contributed by atoms with van der Waals surface area (Å²) in [6, 6.07) is 13.7. The number of amides is 3. The van der Waals surface area contributed by atoms with Crippen LogP contribution in [-0.4, -0.2) is 29.1 Å². The normalized spacial score (nSPS) is 21.7. The van der Waals surface area contributed by atoms with Gasteiger partial charge in [-0.3, -0.25) is 9.69 Å². The number of urea groups is 1. The zero-order chi connectivity index (χ0) is 17.4. The fourth-order valence-corrected chi connectivity index (χ4v) is 4.42. The standard InChI is InChI=1S/C19H17FN2O2S/c20-14-5-7-15(8-6-14)25-12-11-22-17(23)19(21-18(22)24)10-9-13-3-1-2-4-16(13)19/h1-8H,9-12H2,(H,21,24). The molecular formula is C19H17FN2O2S. The van der Waals surface area contributed by atoms with Gasteiger partial charge in [-0.2, -0.15) is 0 Å². The summed E-state index contributed by atoms with van der Waals surface area (Å²) >= 11 is 1.50. The van der Waals surface area contributed by atoms with Crippen LogP contribution in [0.4, 0.5) is 9.18 Å². The number of halogens is 1. The maximum atomic E-state index is 13.0. The molecule has 4 nitrogen and oxygen atoms in total. The number of nitrogens with zero attached hydrogens (tertiary/aromatic N) is 1. The summed E-state index contributed by atoms with van der Waals surface area (Å²) in [5.41, 5.74) is 1.15. The lowest BCUT2D eigenvalue weighted by Gasteiger charge is -2.22. The van der Waals surface area contributed by atoms with Gasteiger partial charge in [0.15, 0.2) is 0 Å². The Morgan fingerprint density at radius 2 is 1.88 bits per heavy atom. The number of aryl methyl sites for hydroxylation is 1. The Kier molecular flexibility index (Phi) is 4.00. The average molecular weight is 356 g/mol. The fraction of sp³-hybridized carbons (Fsp3) is 0.263. The Bertz CT molecular complexity index is 840. The first-order valence-corrected chi connectivity index (χ1v) is 9.19. The van der Waals surface area contributed by atoms with Gasteiger partial charge in [0.25, 0.3) is 5.91 Å². The molecule has 0 aromatic heterocycles. The van der Waals surface area contributed by atoms with Gasteiger partial charge in [0, 0.05) is 17.2 Å². The third-order valence-electron chi connectivity index (χ3n) is 4.82. The van der Waals surface area contributed by atoms with Crippen LogP contribution in [0.25, 0.3) is 0 Å². The zero-order valence-corrected chi connectivity index (χ0v) is 14.3. The second-order valence-corrected chi connectivity index (χ2v) is 7.42. The lowest BCUT2D eigenvalue weighted by molar-refractivity contribution is -0.131. The SMILES string of the molecule is O=C1NC2(CCc3ccccc32)C(=O)N1CCSc1ccc(F)cc1. The van der Waals surface area contributed by atoms with Gasteiger partial charge in [0.2, 0.25) is 0 Å². The van der Waals surface area contributed by atoms with Crippen molar-refractivity contribution in [3.8, 4) is 0 Å². The van der Waals surface area contributed by atoms with Crippen molar-refractivity contribution in [1.29, 1.82) is 0 Å². The number of carbonyl (C=O) groups excluding carboxylic acids is 2. The summed E-state index contributed by atoms with van der Waals surface area (Å²) in [4.78, 5) is 27.6. The number of carbonyl (C=O) groups is 2. The number of hydrogen-bond acceptors (Lipinski definition) is 3. The third-order valence-corrected chi connectivity index (χ3v) is 5.81. The van der Waals surface area contributed by atoms with E-state index in [1.807, 2.05) is 24.3 Å². The third kappa shape index (κ3) is 2.70. The highest BCUT2D eigenvalue weighted by atomic mass is 32.2. The molecule has 0 saturated carbocycles. The molecule has 1 aliphatic carbocycles. The van der Waals surface area contributed by atoms with Gasteiger partial charge in [0.1, 0.15) is 11.4 Å². The van der Waals surface area contributed by atoms with Gasteiger partial charge in [-0.05, 0) is 48.2 Å². The van der Waals surface area contributed by atoms with E-state index in [0.29, 0.717) is 18.7 Å². The minimum atomic E-state index is -0.895. The second-order valence-electron chi connectivity index (χ2n) is 6.25. The van der Waals surface area contributed by atoms with Crippen LogP contribution in [0.3, 0.4) is 0 Å². The van der Waals surface area contributed by atoms with Crippen LogP contribution >= 0.6 is 11.8 Å². The number of hydrogen-bond donors (Lipinski definition) is 1. The Hall–Kier alpha value is -2.34. The van der Waals surface area contributed by atoms with Crippen molar-refractivity contribution >= 4 is 23.7 Å². The van der Waals surface area contributed by atoms with E-state index in [-0.39, 0.29) is 17.8 Å². The summed E-state index contributed by atoms with van der Waals surface area (Å²) < 4.78 is 12.9. The van der Waals surface area contributed by atoms with E-state index >= 15 is 0 Å². The van der Waals surface area contributed by atoms with E-state index in [4.69, 9.17) is 0 Å². The average Bonchev–Trinajstić information content (AvgIpc) is 3.10. The van der Waals surface area contributed by atoms with Gasteiger partial charge in [-0.1, -0.05) is 24.3 Å². The first kappa shape index (κ1) is 16.1. The molecule has 1 spiro atoms. The van der Waals surface area contributed by atoms with Crippen molar-refractivity contribution in [3.05, 3.63) is 65.5 Å². The number of fused-ring (bicyclic) bond motifs is 2. The van der Waals surface area contributed by atoms with Gasteiger partial charge >= 0.3 is 6.03 Å². The summed E-state index contributed by atoms with van der Waals surface area (Å²) in [6.07, 6.45) is 1.40. The van der Waals surface area contributed by atoms with Gasteiger partial charge < -0.3 is 5.32 Å². The predicted octanol–water partition coefficient (Wildman–Crippen LogP) is 3.31. The maximum absolute atomic E-state index is 13.0. The van der Waals surface area contributed by atoms with E-state index in [0.717, 1.165) is 22.4 Å². The molecule has 6 heteroatoms. The van der Waals surface area contributed by atoms with E-state index in [2.05, 4.69) is 5.32 Å². The molecule has 0 bridgehead atoms. The molecule has 1 heterocycles. The number of nitrogens with one attached hydrogen (secondary N) is 1. The number of imide groups is 1. The molecule has 1 saturated heterocycles. The number of rotatable bonds is 4. The molecular weight excluding hydrogens is 339 g/mol. The van der Waals surface area contributed by atoms with E-state index in [9.17, 15) is 14.0 Å². The minimum absolute atomic E-state index is 0.165. The predicted molar refractivity (Wildman–Crippen MR) is 93.8 cm³/mol. The molecule has 1 aliphatic heterocycles. The Morgan fingerprint density at radius 3 is 2.68 bits per heavy atom. The quantitative estimate of drug-likeness (QED) is 0.675. The Labute approximate surface area is 149 Å². The van der Waals surface area contributed by atoms with Crippen molar-refractivity contribution in [2.45, 2.75) is 23.3 Å². The lowest BCUT2D eigenvalue weighted by Crippen LogP contribution is -2.42. The number of benzene rings is 2. The molecule has 3 amide bonds. The largest absolute Gasteiger partial charge is 0.325 e. The van der Waals surface area contributed by atoms with Gasteiger partial charge in [-0.15, -0.1) is 11.8 Å². The molecule has 2 aromatic carbocycles. The molecule has 0 radical (unpaired) electrons. The Balaban J connectivity index is 1.46. The summed E-state index contributed by atoms with van der Waals surface area (Å²) in [5.74, 6) is 0.130. The van der Waals surface area contributed by atoms with Crippen LogP contribution in [-0.2, 0) is 16.8 Å². The summed E-state index contributed by atoms with van der Waals surface area (Å²) in [6.45, 7) is 0.330. The highest BCUT2D eigenvalue weighted by Crippen LogP contribution is 2.41. The number of thioether (sulfide) groups is 1. The fourth-order valence-electron chi connectivity index (χ4n) is 3.58. The minimum Gasteiger partial charge on any atom is -0.319 e. The molecule has 2 aliphatic rings. The van der Waals surface area contributed by atoms with Crippen LogP contribution in [0.1, 0.15) is 17.5 Å². The van der Waals surface area contributed by atoms with Crippen molar-refractivity contribution in [2.24, 2.45) is 0 Å². The van der Waals surface area contributed by atoms with E-state index < -0.39 is 5.54 Å². The molecule has 25 heavy (non-hydrogen) atoms. The second kappa shape index (κ2) is 6.19. The van der Waals surface area contributed by atoms with Gasteiger partial charge in [0.05, 0.1) is 0 Å². The smallest absolute Gasteiger partial charge is 0.319 e. The van der Waals surface area contributed by atoms with Crippen molar-refractivity contribution in [3.63, 3.8) is 0 Å². The lowest BCUT2D eigenvalue weighted by atomic mass is 9.92.